The quantitative estimate of drug-likeness (QED) is 0.511. The molecule has 0 saturated heterocycles. The Labute approximate surface area is 80.5 Å². The molecule has 0 amide bonds. The fourth-order valence-electron chi connectivity index (χ4n) is 1.43. The summed E-state index contributed by atoms with van der Waals surface area (Å²) in [5.74, 6) is 1.57. The third-order valence-electron chi connectivity index (χ3n) is 2.09. The van der Waals surface area contributed by atoms with Gasteiger partial charge < -0.3 is 0 Å². The second-order valence-electron chi connectivity index (χ2n) is 3.14. The highest BCUT2D eigenvalue weighted by Gasteiger charge is 2.10. The lowest BCUT2D eigenvalue weighted by Crippen LogP contribution is -1.91. The number of rotatable bonds is 3. The first kappa shape index (κ1) is 10.7. The molecule has 0 heterocycles. The monoisotopic (exact) mass is 199 g/mol. The van der Waals surface area contributed by atoms with E-state index in [2.05, 4.69) is 5.73 Å². The summed E-state index contributed by atoms with van der Waals surface area (Å²) in [6, 6.07) is 0. The maximum Gasteiger partial charge on any atom is 0.549 e. The summed E-state index contributed by atoms with van der Waals surface area (Å²) in [5, 5.41) is 0. The van der Waals surface area contributed by atoms with Crippen molar-refractivity contribution in [2.24, 2.45) is 0 Å². The molecule has 1 unspecified atom stereocenters. The molecule has 0 aromatic rings. The minimum atomic E-state index is -1.61. The minimum Gasteiger partial charge on any atom is -0.142 e. The van der Waals surface area contributed by atoms with E-state index in [1.54, 1.807) is 5.82 Å². The molecule has 0 radical (unpaired) electrons. The molecule has 0 aromatic carbocycles. The van der Waals surface area contributed by atoms with Crippen molar-refractivity contribution in [1.82, 2.24) is 0 Å². The van der Waals surface area contributed by atoms with E-state index in [1.165, 1.54) is 24.8 Å². The molecule has 72 valence electrons. The Morgan fingerprint density at radius 3 is 2.77 bits per heavy atom. The van der Waals surface area contributed by atoms with Crippen LogP contribution in [0.3, 0.4) is 0 Å². The maximum absolute atomic E-state index is 11.1. The van der Waals surface area contributed by atoms with Crippen LogP contribution in [-0.4, -0.2) is 6.61 Å². The van der Waals surface area contributed by atoms with E-state index in [1.807, 2.05) is 6.92 Å². The SMILES string of the molecule is CCO[P+](=O)C=C=C1CCCCC1. The summed E-state index contributed by atoms with van der Waals surface area (Å²) >= 11 is 0. The highest BCUT2D eigenvalue weighted by atomic mass is 31.1. The average Bonchev–Trinajstić information content (AvgIpc) is 2.17. The topological polar surface area (TPSA) is 26.3 Å². The number of hydrogen-bond acceptors (Lipinski definition) is 2. The van der Waals surface area contributed by atoms with E-state index in [9.17, 15) is 4.57 Å². The molecule has 1 atom stereocenters. The van der Waals surface area contributed by atoms with Crippen molar-refractivity contribution < 1.29 is 9.09 Å². The van der Waals surface area contributed by atoms with Crippen LogP contribution >= 0.6 is 8.03 Å². The van der Waals surface area contributed by atoms with Crippen molar-refractivity contribution in [3.63, 3.8) is 0 Å². The van der Waals surface area contributed by atoms with Gasteiger partial charge in [-0.15, -0.1) is 4.52 Å². The lowest BCUT2D eigenvalue weighted by molar-refractivity contribution is 0.356. The molecule has 0 bridgehead atoms. The Morgan fingerprint density at radius 2 is 2.15 bits per heavy atom. The first-order chi connectivity index (χ1) is 6.33. The van der Waals surface area contributed by atoms with Gasteiger partial charge in [-0.2, -0.15) is 0 Å². The summed E-state index contributed by atoms with van der Waals surface area (Å²) in [6.07, 6.45) is 6.06. The minimum absolute atomic E-state index is 0.503. The summed E-state index contributed by atoms with van der Waals surface area (Å²) in [4.78, 5) is 0. The predicted molar refractivity (Wildman–Crippen MR) is 53.9 cm³/mol. The van der Waals surface area contributed by atoms with Gasteiger partial charge in [-0.3, -0.25) is 0 Å². The van der Waals surface area contributed by atoms with Crippen LogP contribution in [0.25, 0.3) is 0 Å². The molecular weight excluding hydrogens is 183 g/mol. The zero-order valence-electron chi connectivity index (χ0n) is 8.08. The smallest absolute Gasteiger partial charge is 0.142 e. The van der Waals surface area contributed by atoms with Crippen molar-refractivity contribution in [2.45, 2.75) is 39.0 Å². The normalized spacial score (nSPS) is 17.9. The Hall–Kier alpha value is -0.420. The van der Waals surface area contributed by atoms with Crippen molar-refractivity contribution in [3.05, 3.63) is 17.1 Å². The lowest BCUT2D eigenvalue weighted by atomic mass is 9.96. The zero-order chi connectivity index (χ0) is 9.52. The predicted octanol–water partition coefficient (Wildman–Crippen LogP) is 3.77. The van der Waals surface area contributed by atoms with E-state index in [-0.39, 0.29) is 0 Å². The molecule has 0 aromatic heterocycles. The van der Waals surface area contributed by atoms with Crippen molar-refractivity contribution >= 4 is 8.03 Å². The fourth-order valence-corrected chi connectivity index (χ4v) is 2.05. The van der Waals surface area contributed by atoms with Gasteiger partial charge in [0.2, 0.25) is 5.82 Å². The summed E-state index contributed by atoms with van der Waals surface area (Å²) in [7, 11) is -1.61. The second-order valence-corrected chi connectivity index (χ2v) is 4.23. The van der Waals surface area contributed by atoms with Gasteiger partial charge in [0.05, 0.1) is 0 Å². The van der Waals surface area contributed by atoms with Crippen LogP contribution < -0.4 is 0 Å². The molecule has 1 aliphatic carbocycles. The van der Waals surface area contributed by atoms with Gasteiger partial charge in [0, 0.05) is 0 Å². The van der Waals surface area contributed by atoms with Crippen LogP contribution in [0.15, 0.2) is 17.1 Å². The standard InChI is InChI=1S/C10H16O2P/c1-2-12-13(11)9-8-10-6-4-3-5-7-10/h9H,2-7H2,1H3/q+1. The Morgan fingerprint density at radius 1 is 1.46 bits per heavy atom. The third kappa shape index (κ3) is 4.38. The van der Waals surface area contributed by atoms with E-state index in [0.717, 1.165) is 12.8 Å². The molecule has 1 rings (SSSR count). The van der Waals surface area contributed by atoms with Crippen LogP contribution in [0.2, 0.25) is 0 Å². The van der Waals surface area contributed by atoms with E-state index in [4.69, 9.17) is 4.52 Å². The van der Waals surface area contributed by atoms with Gasteiger partial charge >= 0.3 is 8.03 Å². The van der Waals surface area contributed by atoms with E-state index in [0.29, 0.717) is 6.61 Å². The average molecular weight is 199 g/mol. The fraction of sp³-hybridized carbons (Fsp3) is 0.700. The second kappa shape index (κ2) is 6.10. The number of hydrogen-bond donors (Lipinski definition) is 0. The zero-order valence-corrected chi connectivity index (χ0v) is 8.98. The van der Waals surface area contributed by atoms with Crippen LogP contribution in [0.5, 0.6) is 0 Å². The molecule has 0 N–H and O–H groups in total. The Bertz CT molecular complexity index is 231. The van der Waals surface area contributed by atoms with E-state index >= 15 is 0 Å². The molecular formula is C10H16O2P+. The van der Waals surface area contributed by atoms with Crippen LogP contribution in [-0.2, 0) is 9.09 Å². The van der Waals surface area contributed by atoms with Gasteiger partial charge in [0.25, 0.3) is 0 Å². The largest absolute Gasteiger partial charge is 0.549 e. The van der Waals surface area contributed by atoms with Crippen molar-refractivity contribution in [1.29, 1.82) is 0 Å². The first-order valence-corrected chi connectivity index (χ1v) is 6.11. The number of allylic oxidation sites excluding steroid dienone is 1. The molecule has 3 heteroatoms. The summed E-state index contributed by atoms with van der Waals surface area (Å²) in [5.41, 5.74) is 4.39. The molecule has 0 aliphatic heterocycles. The third-order valence-corrected chi connectivity index (χ3v) is 2.94. The van der Waals surface area contributed by atoms with Crippen LogP contribution in [0, 0.1) is 0 Å². The van der Waals surface area contributed by atoms with Gasteiger partial charge in [0.15, 0.2) is 0 Å². The summed E-state index contributed by atoms with van der Waals surface area (Å²) in [6.45, 7) is 2.34. The molecule has 0 spiro atoms. The van der Waals surface area contributed by atoms with Crippen LogP contribution in [0.4, 0.5) is 0 Å². The van der Waals surface area contributed by atoms with Crippen molar-refractivity contribution in [3.8, 4) is 0 Å². The molecule has 1 saturated carbocycles. The highest BCUT2D eigenvalue weighted by molar-refractivity contribution is 7.42. The highest BCUT2D eigenvalue weighted by Crippen LogP contribution is 2.26. The van der Waals surface area contributed by atoms with Gasteiger partial charge in [-0.05, 0) is 42.7 Å². The molecule has 1 aliphatic rings. The molecule has 1 fully saturated rings. The molecule has 2 nitrogen and oxygen atoms in total. The first-order valence-electron chi connectivity index (χ1n) is 4.86. The Balaban J connectivity index is 2.46. The lowest BCUT2D eigenvalue weighted by Gasteiger charge is -2.09. The van der Waals surface area contributed by atoms with Gasteiger partial charge in [0.1, 0.15) is 6.61 Å². The molecule has 13 heavy (non-hydrogen) atoms. The maximum atomic E-state index is 11.1. The Kier molecular flexibility index (Phi) is 5.00. The van der Waals surface area contributed by atoms with Gasteiger partial charge in [-0.25, -0.2) is 0 Å². The van der Waals surface area contributed by atoms with Crippen molar-refractivity contribution in [2.75, 3.05) is 6.61 Å². The van der Waals surface area contributed by atoms with E-state index < -0.39 is 8.03 Å². The van der Waals surface area contributed by atoms with Gasteiger partial charge in [-0.1, -0.05) is 12.2 Å². The summed E-state index contributed by atoms with van der Waals surface area (Å²) < 4.78 is 16.0. The van der Waals surface area contributed by atoms with Crippen LogP contribution in [0.1, 0.15) is 39.0 Å².